The van der Waals surface area contributed by atoms with Gasteiger partial charge in [-0.1, -0.05) is 60.8 Å². The van der Waals surface area contributed by atoms with Crippen LogP contribution in [0, 0.1) is 23.7 Å². The number of nitrogens with zero attached hydrogens (tertiary/aromatic N) is 2. The van der Waals surface area contributed by atoms with E-state index in [4.69, 9.17) is 39.9 Å². The van der Waals surface area contributed by atoms with E-state index in [0.29, 0.717) is 43.8 Å². The van der Waals surface area contributed by atoms with Crippen molar-refractivity contribution in [2.75, 3.05) is 12.3 Å². The first-order chi connectivity index (χ1) is 19.3. The molecule has 7 rings (SSSR count). The van der Waals surface area contributed by atoms with E-state index < -0.39 is 10.0 Å². The van der Waals surface area contributed by atoms with Crippen LogP contribution in [0.5, 0.6) is 0 Å². The van der Waals surface area contributed by atoms with Gasteiger partial charge in [0.15, 0.2) is 0 Å². The number of rotatable bonds is 9. The third-order valence-electron chi connectivity index (χ3n) is 9.43. The van der Waals surface area contributed by atoms with Crippen molar-refractivity contribution in [3.63, 3.8) is 0 Å². The second-order valence-electron chi connectivity index (χ2n) is 13.4. The van der Waals surface area contributed by atoms with E-state index in [-0.39, 0.29) is 17.8 Å². The summed E-state index contributed by atoms with van der Waals surface area (Å²) in [7, 11) is -3.54. The maximum Gasteiger partial charge on any atom is 0.213 e. The molecule has 10 heteroatoms. The standard InChI is InChI=1S/C31H37Cl3N4O2S/c1-20-26(37-38(27-9-8-24(33)12-25(27)34)28(20)22-4-6-23(32)7-5-22)16-36-41(39,40)11-10-35-31-15-21-13-29(2,18-31)17-30(3,14-21)19-31/h4-9,12,21,35-36H,10-11,13-19H2,1-3H3/t21-,29+,30-,31-. The Bertz CT molecular complexity index is 1570. The van der Waals surface area contributed by atoms with Crippen LogP contribution >= 0.6 is 34.8 Å². The quantitative estimate of drug-likeness (QED) is 0.254. The maximum absolute atomic E-state index is 13.2. The minimum atomic E-state index is -3.54. The number of aromatic nitrogens is 2. The van der Waals surface area contributed by atoms with E-state index >= 15 is 0 Å². The molecule has 4 aliphatic rings. The zero-order valence-corrected chi connectivity index (χ0v) is 26.8. The molecule has 6 nitrogen and oxygen atoms in total. The predicted octanol–water partition coefficient (Wildman–Crippen LogP) is 7.57. The third kappa shape index (κ3) is 5.96. The van der Waals surface area contributed by atoms with E-state index in [1.165, 1.54) is 25.7 Å². The lowest BCUT2D eigenvalue weighted by atomic mass is 9.43. The number of sulfonamides is 1. The molecule has 0 amide bonds. The Balaban J connectivity index is 1.18. The number of benzene rings is 2. The first-order valence-electron chi connectivity index (χ1n) is 14.3. The lowest BCUT2D eigenvalue weighted by Gasteiger charge is -2.65. The van der Waals surface area contributed by atoms with Crippen molar-refractivity contribution in [3.8, 4) is 16.9 Å². The zero-order valence-electron chi connectivity index (χ0n) is 23.7. The molecule has 0 saturated heterocycles. The van der Waals surface area contributed by atoms with E-state index in [0.717, 1.165) is 35.6 Å². The van der Waals surface area contributed by atoms with Gasteiger partial charge in [0.2, 0.25) is 10.0 Å². The Labute approximate surface area is 258 Å². The average Bonchev–Trinajstić information content (AvgIpc) is 3.16. The Morgan fingerprint density at radius 2 is 1.61 bits per heavy atom. The van der Waals surface area contributed by atoms with Gasteiger partial charge in [-0.25, -0.2) is 17.8 Å². The van der Waals surface area contributed by atoms with Crippen LogP contribution in [0.1, 0.15) is 63.6 Å². The van der Waals surface area contributed by atoms with E-state index in [2.05, 4.69) is 23.9 Å². The van der Waals surface area contributed by atoms with Crippen molar-refractivity contribution in [3.05, 3.63) is 68.8 Å². The predicted molar refractivity (Wildman–Crippen MR) is 168 cm³/mol. The normalized spacial score (nSPS) is 28.9. The molecule has 0 unspecified atom stereocenters. The Hall–Kier alpha value is -1.61. The molecular weight excluding hydrogens is 599 g/mol. The topological polar surface area (TPSA) is 76.0 Å². The molecule has 3 aromatic rings. The van der Waals surface area contributed by atoms with Crippen LogP contribution in [0.15, 0.2) is 42.5 Å². The van der Waals surface area contributed by atoms with Crippen molar-refractivity contribution >= 4 is 44.8 Å². The van der Waals surface area contributed by atoms with Gasteiger partial charge in [-0.2, -0.15) is 5.10 Å². The van der Waals surface area contributed by atoms with Gasteiger partial charge < -0.3 is 5.32 Å². The highest BCUT2D eigenvalue weighted by atomic mass is 35.5. The van der Waals surface area contributed by atoms with Crippen molar-refractivity contribution in [1.29, 1.82) is 0 Å². The molecule has 2 aromatic carbocycles. The molecule has 4 bridgehead atoms. The van der Waals surface area contributed by atoms with Crippen molar-refractivity contribution in [2.45, 2.75) is 71.4 Å². The van der Waals surface area contributed by atoms with Gasteiger partial charge in [0.1, 0.15) is 0 Å². The van der Waals surface area contributed by atoms with Gasteiger partial charge in [-0.05, 0) is 92.5 Å². The summed E-state index contributed by atoms with van der Waals surface area (Å²) in [5.74, 6) is 0.783. The van der Waals surface area contributed by atoms with Crippen LogP contribution in [0.25, 0.3) is 16.9 Å². The molecule has 4 fully saturated rings. The monoisotopic (exact) mass is 634 g/mol. The highest BCUT2D eigenvalue weighted by Gasteiger charge is 2.59. The molecule has 0 spiro atoms. The van der Waals surface area contributed by atoms with Crippen LogP contribution in [0.3, 0.4) is 0 Å². The fraction of sp³-hybridized carbons (Fsp3) is 0.516. The largest absolute Gasteiger partial charge is 0.310 e. The number of nitrogens with one attached hydrogen (secondary N) is 2. The summed E-state index contributed by atoms with van der Waals surface area (Å²) >= 11 is 18.9. The second kappa shape index (κ2) is 10.5. The molecule has 1 heterocycles. The molecule has 2 N–H and O–H groups in total. The van der Waals surface area contributed by atoms with E-state index in [1.807, 2.05) is 31.2 Å². The van der Waals surface area contributed by atoms with E-state index in [9.17, 15) is 8.42 Å². The fourth-order valence-electron chi connectivity index (χ4n) is 8.83. The molecule has 0 aliphatic heterocycles. The minimum absolute atomic E-state index is 0.0274. The Kier molecular flexibility index (Phi) is 7.57. The Morgan fingerprint density at radius 3 is 2.24 bits per heavy atom. The zero-order chi connectivity index (χ0) is 29.2. The van der Waals surface area contributed by atoms with Gasteiger partial charge in [0.25, 0.3) is 0 Å². The summed E-state index contributed by atoms with van der Waals surface area (Å²) in [4.78, 5) is 0. The number of hydrogen-bond acceptors (Lipinski definition) is 4. The summed E-state index contributed by atoms with van der Waals surface area (Å²) < 4.78 is 30.8. The number of hydrogen-bond donors (Lipinski definition) is 2. The molecular formula is C31H37Cl3N4O2S. The highest BCUT2D eigenvalue weighted by molar-refractivity contribution is 7.89. The molecule has 0 radical (unpaired) electrons. The van der Waals surface area contributed by atoms with Crippen molar-refractivity contribution in [2.24, 2.45) is 16.7 Å². The van der Waals surface area contributed by atoms with Gasteiger partial charge in [0, 0.05) is 33.3 Å². The van der Waals surface area contributed by atoms with Crippen LogP contribution < -0.4 is 10.0 Å². The van der Waals surface area contributed by atoms with Gasteiger partial charge in [-0.15, -0.1) is 0 Å². The SMILES string of the molecule is Cc1c(CNS(=O)(=O)CCN[C@@]23C[C@@H]4C[C@@](C)(C[C@@](C)(C4)C2)C3)nn(-c2ccc(Cl)cc2Cl)c1-c1ccc(Cl)cc1. The lowest BCUT2D eigenvalue weighted by molar-refractivity contribution is -0.117. The number of halogens is 3. The van der Waals surface area contributed by atoms with Gasteiger partial charge in [-0.3, -0.25) is 0 Å². The van der Waals surface area contributed by atoms with E-state index in [1.54, 1.807) is 22.9 Å². The van der Waals surface area contributed by atoms with Gasteiger partial charge >= 0.3 is 0 Å². The minimum Gasteiger partial charge on any atom is -0.310 e. The molecule has 220 valence electrons. The van der Waals surface area contributed by atoms with Crippen molar-refractivity contribution in [1.82, 2.24) is 19.8 Å². The van der Waals surface area contributed by atoms with Crippen LogP contribution in [-0.4, -0.2) is 36.0 Å². The Morgan fingerprint density at radius 1 is 0.951 bits per heavy atom. The van der Waals surface area contributed by atoms with Crippen molar-refractivity contribution < 1.29 is 8.42 Å². The average molecular weight is 636 g/mol. The molecule has 4 saturated carbocycles. The van der Waals surface area contributed by atoms with Crippen LogP contribution in [0.4, 0.5) is 0 Å². The smallest absolute Gasteiger partial charge is 0.213 e. The third-order valence-corrected chi connectivity index (χ3v) is 11.5. The first-order valence-corrected chi connectivity index (χ1v) is 17.1. The van der Waals surface area contributed by atoms with Gasteiger partial charge in [0.05, 0.1) is 34.4 Å². The highest BCUT2D eigenvalue weighted by Crippen LogP contribution is 2.66. The summed E-state index contributed by atoms with van der Waals surface area (Å²) in [6, 6.07) is 12.7. The molecule has 1 aromatic heterocycles. The van der Waals surface area contributed by atoms with Crippen LogP contribution in [-0.2, 0) is 16.6 Å². The summed E-state index contributed by atoms with van der Waals surface area (Å²) in [5.41, 5.74) is 4.66. The fourth-order valence-corrected chi connectivity index (χ4v) is 10.3. The second-order valence-corrected chi connectivity index (χ2v) is 16.6. The summed E-state index contributed by atoms with van der Waals surface area (Å²) in [6.45, 7) is 7.33. The molecule has 4 atom stereocenters. The summed E-state index contributed by atoms with van der Waals surface area (Å²) in [5, 5.41) is 10.1. The lowest BCUT2D eigenvalue weighted by Crippen LogP contribution is -2.64. The first kappa shape index (κ1) is 29.5. The maximum atomic E-state index is 13.2. The van der Waals surface area contributed by atoms with Crippen LogP contribution in [0.2, 0.25) is 15.1 Å². The summed E-state index contributed by atoms with van der Waals surface area (Å²) in [6.07, 6.45) is 7.40. The molecule has 4 aliphatic carbocycles. The molecule has 41 heavy (non-hydrogen) atoms.